The van der Waals surface area contributed by atoms with Gasteiger partial charge in [0, 0.05) is 41.3 Å². The number of pyridine rings is 1. The third-order valence-corrected chi connectivity index (χ3v) is 4.53. The van der Waals surface area contributed by atoms with Crippen LogP contribution < -0.4 is 5.32 Å². The van der Waals surface area contributed by atoms with Crippen molar-refractivity contribution in [3.8, 4) is 23.3 Å². The number of alkyl halides is 3. The van der Waals surface area contributed by atoms with Crippen LogP contribution in [-0.2, 0) is 6.18 Å². The van der Waals surface area contributed by atoms with Crippen molar-refractivity contribution in [2.24, 2.45) is 0 Å². The summed E-state index contributed by atoms with van der Waals surface area (Å²) in [4.78, 5) is 22.5. The Morgan fingerprint density at radius 1 is 1.13 bits per heavy atom. The molecule has 9 nitrogen and oxygen atoms in total. The first-order chi connectivity index (χ1) is 14.8. The maximum absolute atomic E-state index is 13.1. The van der Waals surface area contributed by atoms with Crippen molar-refractivity contribution in [2.45, 2.75) is 19.1 Å². The van der Waals surface area contributed by atoms with Gasteiger partial charge < -0.3 is 15.4 Å². The molecular weight excluding hydrogens is 413 g/mol. The average Bonchev–Trinajstić information content (AvgIpc) is 3.16. The van der Waals surface area contributed by atoms with E-state index in [1.54, 1.807) is 6.92 Å². The molecule has 31 heavy (non-hydrogen) atoms. The van der Waals surface area contributed by atoms with Crippen molar-refractivity contribution in [2.75, 3.05) is 5.32 Å². The van der Waals surface area contributed by atoms with Crippen molar-refractivity contribution in [3.63, 3.8) is 0 Å². The molecule has 3 N–H and O–H groups in total. The topological polar surface area (TPSA) is 136 Å². The highest BCUT2D eigenvalue weighted by Gasteiger charge is 2.31. The van der Waals surface area contributed by atoms with Gasteiger partial charge in [-0.05, 0) is 13.0 Å². The lowest BCUT2D eigenvalue weighted by atomic mass is 10.1. The number of hydrogen-bond donors (Lipinski definition) is 3. The number of nitriles is 1. The predicted octanol–water partition coefficient (Wildman–Crippen LogP) is 3.58. The Morgan fingerprint density at radius 3 is 2.55 bits per heavy atom. The molecule has 0 bridgehead atoms. The first-order valence-electron chi connectivity index (χ1n) is 8.85. The zero-order valence-corrected chi connectivity index (χ0v) is 15.8. The van der Waals surface area contributed by atoms with Crippen LogP contribution in [0.15, 0.2) is 37.1 Å². The first-order valence-corrected chi connectivity index (χ1v) is 8.85. The lowest BCUT2D eigenvalue weighted by Crippen LogP contribution is -2.11. The molecule has 0 aliphatic carbocycles. The van der Waals surface area contributed by atoms with Crippen molar-refractivity contribution >= 4 is 17.0 Å². The molecule has 0 fully saturated rings. The maximum Gasteiger partial charge on any atom is 0.417 e. The Hall–Kier alpha value is -4.27. The van der Waals surface area contributed by atoms with Crippen LogP contribution in [0.2, 0.25) is 0 Å². The molecule has 0 saturated heterocycles. The highest BCUT2D eigenvalue weighted by Crippen LogP contribution is 2.34. The molecule has 4 aromatic rings. The molecule has 0 saturated carbocycles. The van der Waals surface area contributed by atoms with Crippen LogP contribution in [-0.4, -0.2) is 35.0 Å². The minimum Gasteiger partial charge on any atom is -0.479 e. The van der Waals surface area contributed by atoms with E-state index in [4.69, 9.17) is 0 Å². The molecule has 0 aliphatic rings. The number of hydrogen-bond acceptors (Lipinski definition) is 8. The Labute approximate surface area is 172 Å². The highest BCUT2D eigenvalue weighted by molar-refractivity contribution is 5.94. The van der Waals surface area contributed by atoms with E-state index in [0.29, 0.717) is 5.56 Å². The summed E-state index contributed by atoms with van der Waals surface area (Å²) < 4.78 is 39.4. The SMILES string of the molecule is CC(Nc1ncc(C#N)c(-c2c[nH]c3ncc(C(F)(F)F)cc23)n1)c1cnc(O)nc1. The summed E-state index contributed by atoms with van der Waals surface area (Å²) in [6.45, 7) is 1.78. The molecule has 4 aromatic heterocycles. The fraction of sp³-hybridized carbons (Fsp3) is 0.158. The Bertz CT molecular complexity index is 1290. The molecule has 4 rings (SSSR count). The normalized spacial score (nSPS) is 12.5. The minimum absolute atomic E-state index is 0.0875. The molecule has 1 atom stereocenters. The van der Waals surface area contributed by atoms with Crippen LogP contribution in [0.3, 0.4) is 0 Å². The second kappa shape index (κ2) is 7.52. The van der Waals surface area contributed by atoms with E-state index in [2.05, 4.69) is 35.2 Å². The number of aromatic amines is 1. The van der Waals surface area contributed by atoms with Gasteiger partial charge in [-0.25, -0.2) is 24.9 Å². The van der Waals surface area contributed by atoms with Gasteiger partial charge in [-0.15, -0.1) is 0 Å². The molecule has 0 spiro atoms. The predicted molar refractivity (Wildman–Crippen MR) is 103 cm³/mol. The van der Waals surface area contributed by atoms with Gasteiger partial charge in [0.15, 0.2) is 0 Å². The van der Waals surface area contributed by atoms with Gasteiger partial charge in [-0.3, -0.25) is 0 Å². The summed E-state index contributed by atoms with van der Waals surface area (Å²) >= 11 is 0. The van der Waals surface area contributed by atoms with Crippen molar-refractivity contribution in [1.82, 2.24) is 29.9 Å². The Kier molecular flexibility index (Phi) is 4.86. The Morgan fingerprint density at radius 2 is 1.87 bits per heavy atom. The van der Waals surface area contributed by atoms with Crippen molar-refractivity contribution < 1.29 is 18.3 Å². The van der Waals surface area contributed by atoms with Crippen LogP contribution in [0, 0.1) is 11.3 Å². The summed E-state index contributed by atoms with van der Waals surface area (Å²) in [5, 5.41) is 21.9. The van der Waals surface area contributed by atoms with E-state index >= 15 is 0 Å². The minimum atomic E-state index is -4.56. The summed E-state index contributed by atoms with van der Waals surface area (Å²) in [6.07, 6.45) is 1.76. The number of nitrogens with one attached hydrogen (secondary N) is 2. The lowest BCUT2D eigenvalue weighted by Gasteiger charge is -2.14. The van der Waals surface area contributed by atoms with Crippen molar-refractivity contribution in [1.29, 1.82) is 5.26 Å². The van der Waals surface area contributed by atoms with Gasteiger partial charge in [0.1, 0.15) is 11.7 Å². The van der Waals surface area contributed by atoms with Crippen LogP contribution in [0.4, 0.5) is 19.1 Å². The zero-order valence-electron chi connectivity index (χ0n) is 15.8. The Balaban J connectivity index is 1.75. The fourth-order valence-electron chi connectivity index (χ4n) is 2.92. The van der Waals surface area contributed by atoms with E-state index in [1.807, 2.05) is 6.07 Å². The van der Waals surface area contributed by atoms with Gasteiger partial charge in [-0.2, -0.15) is 18.4 Å². The molecule has 0 radical (unpaired) electrons. The van der Waals surface area contributed by atoms with Gasteiger partial charge in [0.05, 0.1) is 29.1 Å². The van der Waals surface area contributed by atoms with E-state index in [-0.39, 0.29) is 45.9 Å². The van der Waals surface area contributed by atoms with Crippen LogP contribution in [0.1, 0.15) is 29.7 Å². The second-order valence-electron chi connectivity index (χ2n) is 6.57. The number of fused-ring (bicyclic) bond motifs is 1. The van der Waals surface area contributed by atoms with E-state index < -0.39 is 11.7 Å². The second-order valence-corrected chi connectivity index (χ2v) is 6.57. The summed E-state index contributed by atoms with van der Waals surface area (Å²) in [7, 11) is 0. The number of H-pyrrole nitrogens is 1. The average molecular weight is 426 g/mol. The summed E-state index contributed by atoms with van der Waals surface area (Å²) in [6, 6.07) is 2.19. The molecule has 4 heterocycles. The summed E-state index contributed by atoms with van der Waals surface area (Å²) in [5.74, 6) is 0.142. The number of anilines is 1. The monoisotopic (exact) mass is 426 g/mol. The van der Waals surface area contributed by atoms with Gasteiger partial charge in [0.2, 0.25) is 5.95 Å². The molecular formula is C19H13F3N8O. The molecule has 156 valence electrons. The standard InChI is InChI=1S/C19H13F3N8O/c1-9(11-5-27-18(31)28-6-11)29-17-26-4-10(3-23)15(30-17)14-8-25-16-13(14)2-12(7-24-16)19(20,21)22/h2,4-9H,1H3,(H,24,25)(H,26,29,30)(H,27,28,31). The van der Waals surface area contributed by atoms with Crippen LogP contribution in [0.5, 0.6) is 6.01 Å². The van der Waals surface area contributed by atoms with E-state index in [1.165, 1.54) is 24.8 Å². The van der Waals surface area contributed by atoms with Crippen molar-refractivity contribution in [3.05, 3.63) is 53.7 Å². The fourth-order valence-corrected chi connectivity index (χ4v) is 2.92. The number of nitrogens with zero attached hydrogens (tertiary/aromatic N) is 6. The first kappa shape index (κ1) is 20.0. The molecule has 0 amide bonds. The van der Waals surface area contributed by atoms with E-state index in [9.17, 15) is 23.5 Å². The smallest absolute Gasteiger partial charge is 0.417 e. The quantitative estimate of drug-likeness (QED) is 0.450. The number of aromatic hydroxyl groups is 1. The molecule has 1 unspecified atom stereocenters. The third kappa shape index (κ3) is 3.93. The molecule has 0 aliphatic heterocycles. The molecule has 12 heteroatoms. The zero-order chi connectivity index (χ0) is 22.2. The lowest BCUT2D eigenvalue weighted by molar-refractivity contribution is -0.137. The number of aromatic nitrogens is 6. The highest BCUT2D eigenvalue weighted by atomic mass is 19.4. The van der Waals surface area contributed by atoms with Gasteiger partial charge in [0.25, 0.3) is 0 Å². The maximum atomic E-state index is 13.1. The number of halogens is 3. The number of rotatable bonds is 4. The van der Waals surface area contributed by atoms with Crippen LogP contribution in [0.25, 0.3) is 22.3 Å². The summed E-state index contributed by atoms with van der Waals surface area (Å²) in [5.41, 5.74) is 0.489. The third-order valence-electron chi connectivity index (χ3n) is 4.53. The van der Waals surface area contributed by atoms with E-state index in [0.717, 1.165) is 12.3 Å². The largest absolute Gasteiger partial charge is 0.479 e. The van der Waals surface area contributed by atoms with Gasteiger partial charge >= 0.3 is 12.2 Å². The molecule has 0 aromatic carbocycles. The van der Waals surface area contributed by atoms with Crippen LogP contribution >= 0.6 is 0 Å². The van der Waals surface area contributed by atoms with Gasteiger partial charge in [-0.1, -0.05) is 0 Å².